The van der Waals surface area contributed by atoms with Gasteiger partial charge in [0.15, 0.2) is 16.6 Å². The first-order chi connectivity index (χ1) is 29.5. The third-order valence-corrected chi connectivity index (χ3v) is 24.7. The Morgan fingerprint density at radius 1 is 0.419 bits per heavy atom. The summed E-state index contributed by atoms with van der Waals surface area (Å²) in [5, 5.41) is 0.274. The molecule has 0 aliphatic carbocycles. The Balaban J connectivity index is 2.50. The molecule has 0 bridgehead atoms. The molecule has 0 aromatic carbocycles. The second-order valence-electron chi connectivity index (χ2n) is 23.6. The highest BCUT2D eigenvalue weighted by Gasteiger charge is 2.55. The minimum absolute atomic E-state index is 0.0395. The number of rotatable bonds is 42. The molecule has 4 nitrogen and oxygen atoms in total. The minimum atomic E-state index is -2.04. The van der Waals surface area contributed by atoms with Crippen LogP contribution in [0.5, 0.6) is 0 Å². The van der Waals surface area contributed by atoms with E-state index in [-0.39, 0.29) is 28.3 Å². The van der Waals surface area contributed by atoms with Crippen LogP contribution >= 0.6 is 0 Å². The molecule has 0 aromatic heterocycles. The van der Waals surface area contributed by atoms with E-state index in [9.17, 15) is 4.79 Å². The Labute approximate surface area is 393 Å². The van der Waals surface area contributed by atoms with Gasteiger partial charge in [-0.2, -0.15) is 0 Å². The highest BCUT2D eigenvalue weighted by Crippen LogP contribution is 2.44. The second-order valence-corrected chi connectivity index (χ2v) is 33.1. The highest BCUT2D eigenvalue weighted by atomic mass is 28.4. The van der Waals surface area contributed by atoms with E-state index in [2.05, 4.69) is 86.5 Å². The number of amides is 1. The Hall–Kier alpha value is -0.176. The molecule has 1 rings (SSSR count). The number of carbonyl (C=O) groups is 1. The van der Waals surface area contributed by atoms with Gasteiger partial charge < -0.3 is 13.8 Å². The van der Waals surface area contributed by atoms with Crippen molar-refractivity contribution >= 4 is 22.5 Å². The number of hydrogen-bond donors (Lipinski definition) is 0. The quantitative estimate of drug-likeness (QED) is 0.0452. The summed E-state index contributed by atoms with van der Waals surface area (Å²) < 4.78 is 14.2. The van der Waals surface area contributed by atoms with Crippen LogP contribution in [0.2, 0.25) is 36.3 Å². The molecule has 0 unspecified atom stereocenters. The van der Waals surface area contributed by atoms with Gasteiger partial charge in [-0.1, -0.05) is 274 Å². The highest BCUT2D eigenvalue weighted by molar-refractivity contribution is 6.74. The third kappa shape index (κ3) is 26.8. The molecule has 1 saturated heterocycles. The average molecular weight is 907 g/mol. The molecule has 3 atom stereocenters. The fraction of sp³-hybridized carbons (Fsp3) is 0.982. The Morgan fingerprint density at radius 2 is 0.710 bits per heavy atom. The van der Waals surface area contributed by atoms with Crippen molar-refractivity contribution in [3.63, 3.8) is 0 Å². The minimum Gasteiger partial charge on any atom is -0.415 e. The van der Waals surface area contributed by atoms with Gasteiger partial charge in [-0.25, -0.2) is 0 Å². The van der Waals surface area contributed by atoms with E-state index in [1.54, 1.807) is 0 Å². The summed E-state index contributed by atoms with van der Waals surface area (Å²) in [5.74, 6) is 0.358. The molecule has 0 spiro atoms. The lowest BCUT2D eigenvalue weighted by Gasteiger charge is -2.58. The van der Waals surface area contributed by atoms with Crippen molar-refractivity contribution in [1.29, 1.82) is 0 Å². The van der Waals surface area contributed by atoms with Crippen LogP contribution in [0.15, 0.2) is 0 Å². The molecule has 1 fully saturated rings. The number of likely N-dealkylation sites (tertiary alicyclic amines) is 1. The summed E-state index contributed by atoms with van der Waals surface area (Å²) in [6.07, 6.45) is 50.2. The molecule has 6 heteroatoms. The second kappa shape index (κ2) is 35.0. The topological polar surface area (TPSA) is 38.8 Å². The maximum atomic E-state index is 14.2. The zero-order chi connectivity index (χ0) is 46.2. The van der Waals surface area contributed by atoms with Gasteiger partial charge >= 0.3 is 0 Å². The molecular formula is C56H115NO3Si2. The van der Waals surface area contributed by atoms with Gasteiger partial charge in [-0.05, 0) is 49.1 Å². The van der Waals surface area contributed by atoms with E-state index in [1.165, 1.54) is 218 Å². The molecule has 0 saturated carbocycles. The molecule has 1 heterocycles. The molecule has 1 aliphatic heterocycles. The lowest BCUT2D eigenvalue weighted by Crippen LogP contribution is -2.73. The molecule has 1 amide bonds. The van der Waals surface area contributed by atoms with Crippen LogP contribution in [-0.4, -0.2) is 52.2 Å². The average Bonchev–Trinajstić information content (AvgIpc) is 3.20. The van der Waals surface area contributed by atoms with Gasteiger partial charge in [0, 0.05) is 6.42 Å². The smallest absolute Gasteiger partial charge is 0.223 e. The van der Waals surface area contributed by atoms with E-state index < -0.39 is 16.6 Å². The van der Waals surface area contributed by atoms with Crippen molar-refractivity contribution in [1.82, 2.24) is 4.90 Å². The zero-order valence-corrected chi connectivity index (χ0v) is 46.8. The predicted octanol–water partition coefficient (Wildman–Crippen LogP) is 19.5. The van der Waals surface area contributed by atoms with E-state index in [0.29, 0.717) is 18.9 Å². The fourth-order valence-electron chi connectivity index (χ4n) is 9.14. The largest absolute Gasteiger partial charge is 0.415 e. The molecule has 62 heavy (non-hydrogen) atoms. The fourth-order valence-corrected chi connectivity index (χ4v) is 11.5. The van der Waals surface area contributed by atoms with Crippen LogP contribution in [0.4, 0.5) is 0 Å². The van der Waals surface area contributed by atoms with Gasteiger partial charge in [0.05, 0.1) is 24.8 Å². The number of nitrogens with zero attached hydrogens (tertiary/aromatic N) is 1. The third-order valence-electron chi connectivity index (χ3n) is 15.8. The van der Waals surface area contributed by atoms with Crippen LogP contribution in [0.3, 0.4) is 0 Å². The van der Waals surface area contributed by atoms with Crippen molar-refractivity contribution in [3.05, 3.63) is 0 Å². The summed E-state index contributed by atoms with van der Waals surface area (Å²) in [4.78, 5) is 16.5. The molecular weight excluding hydrogens is 791 g/mol. The van der Waals surface area contributed by atoms with Gasteiger partial charge in [0.2, 0.25) is 5.91 Å². The lowest BCUT2D eigenvalue weighted by atomic mass is 9.85. The van der Waals surface area contributed by atoms with Crippen LogP contribution in [-0.2, 0) is 13.6 Å². The molecule has 1 aliphatic rings. The van der Waals surface area contributed by atoms with Gasteiger partial charge in [0.1, 0.15) is 0 Å². The summed E-state index contributed by atoms with van der Waals surface area (Å²) in [6, 6.07) is 0.231. The van der Waals surface area contributed by atoms with E-state index in [1.807, 2.05) is 0 Å². The molecule has 0 radical (unpaired) electrons. The zero-order valence-electron chi connectivity index (χ0n) is 44.8. The van der Waals surface area contributed by atoms with Gasteiger partial charge in [-0.3, -0.25) is 4.79 Å². The number of hydrogen-bond acceptors (Lipinski definition) is 3. The van der Waals surface area contributed by atoms with Gasteiger partial charge in [-0.15, -0.1) is 0 Å². The first kappa shape index (κ1) is 59.8. The first-order valence-corrected chi connectivity index (χ1v) is 33.9. The maximum absolute atomic E-state index is 14.2. The van der Waals surface area contributed by atoms with Crippen molar-refractivity contribution in [2.45, 2.75) is 347 Å². The normalized spacial score (nSPS) is 17.5. The first-order valence-electron chi connectivity index (χ1n) is 28.1. The molecule has 0 aromatic rings. The lowest BCUT2D eigenvalue weighted by molar-refractivity contribution is -0.168. The summed E-state index contributed by atoms with van der Waals surface area (Å²) in [6.45, 7) is 28.7. The van der Waals surface area contributed by atoms with Crippen LogP contribution in [0, 0.1) is 0 Å². The molecule has 0 N–H and O–H groups in total. The van der Waals surface area contributed by atoms with Crippen molar-refractivity contribution in [2.24, 2.45) is 0 Å². The van der Waals surface area contributed by atoms with Crippen molar-refractivity contribution < 1.29 is 13.6 Å². The van der Waals surface area contributed by atoms with Crippen LogP contribution in [0.25, 0.3) is 0 Å². The standard InChI is InChI=1S/C56H115NO3Si2/c1-13-15-17-19-21-23-25-27-28-29-30-31-32-33-34-35-36-37-39-41-43-45-47-49-53(58)57-51(48-46-44-42-40-38-26-24-22-20-18-16-14-2)54(60-62(11,12)56(6,7)8)52(57)50-59-61(9,10)55(3,4)5/h51-52,54H,13-50H2,1-12H3/t51-,52-,54+/m0/s1. The summed E-state index contributed by atoms with van der Waals surface area (Å²) in [7, 11) is -4.01. The Bertz CT molecular complexity index is 1050. The summed E-state index contributed by atoms with van der Waals surface area (Å²) >= 11 is 0. The maximum Gasteiger partial charge on any atom is 0.223 e. The van der Waals surface area contributed by atoms with Gasteiger partial charge in [0.25, 0.3) is 0 Å². The molecule has 370 valence electrons. The Kier molecular flexibility index (Phi) is 33.8. The number of carbonyl (C=O) groups excluding carboxylic acids is 1. The van der Waals surface area contributed by atoms with Crippen LogP contribution in [0.1, 0.15) is 293 Å². The SMILES string of the molecule is CCCCCCCCCCCCCCCCCCCCCCCCCC(=O)N1[C@@H](CCCCCCCCCCCCCC)[C@@H](O[Si](C)(C)C(C)(C)C)[C@@H]1CO[Si](C)(C)C(C)(C)C. The van der Waals surface area contributed by atoms with Crippen molar-refractivity contribution in [3.8, 4) is 0 Å². The monoisotopic (exact) mass is 906 g/mol. The summed E-state index contributed by atoms with van der Waals surface area (Å²) in [5.41, 5.74) is 0. The Morgan fingerprint density at radius 3 is 1.02 bits per heavy atom. The van der Waals surface area contributed by atoms with Crippen molar-refractivity contribution in [2.75, 3.05) is 6.61 Å². The van der Waals surface area contributed by atoms with E-state index in [0.717, 1.165) is 12.8 Å². The predicted molar refractivity (Wildman–Crippen MR) is 282 cm³/mol. The van der Waals surface area contributed by atoms with Crippen LogP contribution < -0.4 is 0 Å². The van der Waals surface area contributed by atoms with E-state index >= 15 is 0 Å². The van der Waals surface area contributed by atoms with E-state index in [4.69, 9.17) is 8.85 Å². The number of unbranched alkanes of at least 4 members (excludes halogenated alkanes) is 33.